The lowest BCUT2D eigenvalue weighted by Crippen LogP contribution is -2.46. The van der Waals surface area contributed by atoms with Gasteiger partial charge in [-0.25, -0.2) is 0 Å². The molecule has 0 aliphatic carbocycles. The SMILES string of the molecule is CN1CCN(c2cnc3cccc(-c4cc(O)ccc4CN4CCN(c5cnc6cccc(NC(=S)Nc7cccc([N+](=O)[O-])c7)c6c5)CC4)c3c2)CC1. The Hall–Kier alpha value is -5.89. The van der Waals surface area contributed by atoms with Crippen LogP contribution in [0, 0.1) is 10.1 Å². The third-order valence-electron chi connectivity index (χ3n) is 10.4. The van der Waals surface area contributed by atoms with E-state index >= 15 is 0 Å². The summed E-state index contributed by atoms with van der Waals surface area (Å²) in [6, 6.07) is 28.4. The van der Waals surface area contributed by atoms with Gasteiger partial charge in [0.15, 0.2) is 5.11 Å². The van der Waals surface area contributed by atoms with Gasteiger partial charge in [0.25, 0.3) is 5.69 Å². The van der Waals surface area contributed by atoms with E-state index in [1.807, 2.05) is 48.8 Å². The van der Waals surface area contributed by atoms with Crippen molar-refractivity contribution in [3.05, 3.63) is 119 Å². The zero-order chi connectivity index (χ0) is 37.2. The van der Waals surface area contributed by atoms with E-state index in [2.05, 4.69) is 61.5 Å². The van der Waals surface area contributed by atoms with Crippen molar-refractivity contribution in [3.63, 3.8) is 0 Å². The van der Waals surface area contributed by atoms with E-state index in [0.29, 0.717) is 10.8 Å². The molecule has 3 N–H and O–H groups in total. The molecule has 274 valence electrons. The van der Waals surface area contributed by atoms with Crippen LogP contribution in [0.3, 0.4) is 0 Å². The smallest absolute Gasteiger partial charge is 0.271 e. The quantitative estimate of drug-likeness (QED) is 0.0850. The summed E-state index contributed by atoms with van der Waals surface area (Å²) in [4.78, 5) is 30.0. The second-order valence-corrected chi connectivity index (χ2v) is 14.3. The van der Waals surface area contributed by atoms with Gasteiger partial charge >= 0.3 is 0 Å². The molecule has 54 heavy (non-hydrogen) atoms. The lowest BCUT2D eigenvalue weighted by molar-refractivity contribution is -0.384. The average molecular weight is 740 g/mol. The zero-order valence-electron chi connectivity index (χ0n) is 30.0. The van der Waals surface area contributed by atoms with Gasteiger partial charge in [0.2, 0.25) is 0 Å². The highest BCUT2D eigenvalue weighted by Gasteiger charge is 2.22. The fourth-order valence-corrected chi connectivity index (χ4v) is 7.60. The van der Waals surface area contributed by atoms with Crippen molar-refractivity contribution in [1.29, 1.82) is 0 Å². The van der Waals surface area contributed by atoms with Crippen LogP contribution in [0.2, 0.25) is 0 Å². The number of nitro benzene ring substituents is 1. The van der Waals surface area contributed by atoms with Crippen LogP contribution in [-0.2, 0) is 6.54 Å². The summed E-state index contributed by atoms with van der Waals surface area (Å²) < 4.78 is 0. The summed E-state index contributed by atoms with van der Waals surface area (Å²) in [6.07, 6.45) is 3.91. The molecule has 0 amide bonds. The van der Waals surface area contributed by atoms with E-state index in [1.54, 1.807) is 18.2 Å². The van der Waals surface area contributed by atoms with E-state index in [9.17, 15) is 15.2 Å². The van der Waals surface area contributed by atoms with Gasteiger partial charge in [-0.2, -0.15) is 0 Å². The van der Waals surface area contributed by atoms with Gasteiger partial charge in [0.1, 0.15) is 5.75 Å². The summed E-state index contributed by atoms with van der Waals surface area (Å²) in [5, 5.41) is 30.5. The predicted molar refractivity (Wildman–Crippen MR) is 221 cm³/mol. The number of non-ortho nitro benzene ring substituents is 1. The third kappa shape index (κ3) is 7.60. The van der Waals surface area contributed by atoms with Gasteiger partial charge in [0, 0.05) is 93.2 Å². The Bertz CT molecular complexity index is 2360. The number of aromatic nitrogens is 2. The molecule has 0 radical (unpaired) electrons. The van der Waals surface area contributed by atoms with Crippen LogP contribution in [0.4, 0.5) is 28.4 Å². The van der Waals surface area contributed by atoms with E-state index in [1.165, 1.54) is 12.1 Å². The molecular weight excluding hydrogens is 699 g/mol. The molecule has 13 heteroatoms. The topological polar surface area (TPSA) is 126 Å². The van der Waals surface area contributed by atoms with Crippen molar-refractivity contribution < 1.29 is 10.0 Å². The highest BCUT2D eigenvalue weighted by molar-refractivity contribution is 7.80. The summed E-state index contributed by atoms with van der Waals surface area (Å²) in [5.41, 5.74) is 8.51. The number of phenolic OH excluding ortho intramolecular Hbond substituents is 1. The lowest BCUT2D eigenvalue weighted by atomic mass is 9.95. The summed E-state index contributed by atoms with van der Waals surface area (Å²) >= 11 is 5.57. The Morgan fingerprint density at radius 2 is 1.41 bits per heavy atom. The van der Waals surface area contributed by atoms with Crippen LogP contribution in [0.1, 0.15) is 5.56 Å². The fourth-order valence-electron chi connectivity index (χ4n) is 7.37. The Labute approximate surface area is 318 Å². The third-order valence-corrected chi connectivity index (χ3v) is 10.6. The number of phenols is 1. The number of benzene rings is 4. The number of anilines is 4. The molecular formula is C41H41N9O3S. The summed E-state index contributed by atoms with van der Waals surface area (Å²) in [6.45, 7) is 8.13. The van der Waals surface area contributed by atoms with Gasteiger partial charge in [-0.15, -0.1) is 0 Å². The highest BCUT2D eigenvalue weighted by atomic mass is 32.1. The Kier molecular flexibility index (Phi) is 9.91. The van der Waals surface area contributed by atoms with Crippen molar-refractivity contribution in [2.45, 2.75) is 6.54 Å². The average Bonchev–Trinajstić information content (AvgIpc) is 3.19. The monoisotopic (exact) mass is 739 g/mol. The maximum absolute atomic E-state index is 11.2. The first-order valence-electron chi connectivity index (χ1n) is 18.1. The zero-order valence-corrected chi connectivity index (χ0v) is 30.8. The minimum absolute atomic E-state index is 0.0111. The number of nitro groups is 1. The lowest BCUT2D eigenvalue weighted by Gasteiger charge is -2.36. The molecule has 2 saturated heterocycles. The van der Waals surface area contributed by atoms with Crippen LogP contribution in [0.25, 0.3) is 32.9 Å². The minimum Gasteiger partial charge on any atom is -0.508 e. The molecule has 12 nitrogen and oxygen atoms in total. The van der Waals surface area contributed by atoms with Crippen molar-refractivity contribution in [2.75, 3.05) is 79.8 Å². The Balaban J connectivity index is 0.970. The van der Waals surface area contributed by atoms with Crippen LogP contribution >= 0.6 is 12.2 Å². The van der Waals surface area contributed by atoms with E-state index in [4.69, 9.17) is 22.2 Å². The molecule has 2 aliphatic rings. The Morgan fingerprint density at radius 3 is 2.13 bits per heavy atom. The second kappa shape index (κ2) is 15.2. The van der Waals surface area contributed by atoms with Gasteiger partial charge < -0.3 is 30.4 Å². The number of pyridine rings is 2. The summed E-state index contributed by atoms with van der Waals surface area (Å²) in [5.74, 6) is 0.247. The molecule has 2 aromatic heterocycles. The molecule has 2 aliphatic heterocycles. The van der Waals surface area contributed by atoms with Crippen LogP contribution < -0.4 is 20.4 Å². The number of piperazine rings is 2. The van der Waals surface area contributed by atoms with Crippen molar-refractivity contribution >= 4 is 67.6 Å². The van der Waals surface area contributed by atoms with Gasteiger partial charge in [-0.1, -0.05) is 30.3 Å². The normalized spacial score (nSPS) is 15.4. The molecule has 0 spiro atoms. The molecule has 0 saturated carbocycles. The van der Waals surface area contributed by atoms with Crippen molar-refractivity contribution in [3.8, 4) is 16.9 Å². The predicted octanol–water partition coefficient (Wildman–Crippen LogP) is 6.95. The molecule has 6 aromatic rings. The van der Waals surface area contributed by atoms with Gasteiger partial charge in [-0.05, 0) is 84.5 Å². The molecule has 0 atom stereocenters. The first kappa shape index (κ1) is 35.2. The van der Waals surface area contributed by atoms with E-state index < -0.39 is 4.92 Å². The van der Waals surface area contributed by atoms with Crippen molar-refractivity contribution in [1.82, 2.24) is 19.8 Å². The summed E-state index contributed by atoms with van der Waals surface area (Å²) in [7, 11) is 2.16. The van der Waals surface area contributed by atoms with Gasteiger partial charge in [0.05, 0.1) is 39.7 Å². The fraction of sp³-hybridized carbons (Fsp3) is 0.244. The first-order valence-corrected chi connectivity index (χ1v) is 18.5. The van der Waals surface area contributed by atoms with Crippen LogP contribution in [-0.4, -0.2) is 94.3 Å². The van der Waals surface area contributed by atoms with E-state index in [0.717, 1.165) is 114 Å². The van der Waals surface area contributed by atoms with Gasteiger partial charge in [-0.3, -0.25) is 25.0 Å². The standard InChI is InChI=1S/C41H41N9O3S/c1-46-13-17-48(18-14-46)31-22-36-34(7-3-8-38(36)42-25-31)35-24-33(51)12-11-28(35)27-47-15-19-49(20-16-47)32-23-37-39(43-26-32)9-4-10-40(37)45-41(54)44-29-5-2-6-30(21-29)50(52)53/h2-12,21-26,51H,13-20,27H2,1H3,(H2,44,45,54). The number of hydrogen-bond donors (Lipinski definition) is 3. The molecule has 0 unspecified atom stereocenters. The maximum atomic E-state index is 11.2. The minimum atomic E-state index is -0.432. The van der Waals surface area contributed by atoms with Crippen molar-refractivity contribution in [2.24, 2.45) is 0 Å². The Morgan fingerprint density at radius 1 is 0.759 bits per heavy atom. The van der Waals surface area contributed by atoms with Crippen LogP contribution in [0.15, 0.2) is 103 Å². The van der Waals surface area contributed by atoms with Crippen LogP contribution in [0.5, 0.6) is 5.75 Å². The number of hydrogen-bond acceptors (Lipinski definition) is 10. The second-order valence-electron chi connectivity index (χ2n) is 13.9. The molecule has 8 rings (SSSR count). The molecule has 4 aromatic carbocycles. The number of nitrogens with zero attached hydrogens (tertiary/aromatic N) is 7. The number of thiocarbonyl (C=S) groups is 1. The largest absolute Gasteiger partial charge is 0.508 e. The molecule has 4 heterocycles. The van der Waals surface area contributed by atoms with E-state index in [-0.39, 0.29) is 11.4 Å². The number of nitrogens with one attached hydrogen (secondary N) is 2. The molecule has 2 fully saturated rings. The number of rotatable bonds is 8. The number of fused-ring (bicyclic) bond motifs is 2. The maximum Gasteiger partial charge on any atom is 0.271 e. The molecule has 0 bridgehead atoms. The number of likely N-dealkylation sites (N-methyl/N-ethyl adjacent to an activating group) is 1. The first-order chi connectivity index (χ1) is 26.3. The number of aromatic hydroxyl groups is 1. The highest BCUT2D eigenvalue weighted by Crippen LogP contribution is 2.36.